The molecule has 0 bridgehead atoms. The second-order valence-corrected chi connectivity index (χ2v) is 6.09. The molecule has 1 N–H and O–H groups in total. The maximum atomic E-state index is 12.2. The molecular formula is C16H25N3O3. The third-order valence-electron chi connectivity index (χ3n) is 3.84. The first-order valence-electron chi connectivity index (χ1n) is 7.85. The van der Waals surface area contributed by atoms with Gasteiger partial charge in [0, 0.05) is 31.7 Å². The molecule has 1 aliphatic heterocycles. The number of carbonyl (C=O) groups is 1. The highest BCUT2D eigenvalue weighted by Gasteiger charge is 2.22. The first-order chi connectivity index (χ1) is 10.6. The van der Waals surface area contributed by atoms with Crippen LogP contribution in [0, 0.1) is 11.1 Å². The van der Waals surface area contributed by atoms with E-state index in [2.05, 4.69) is 24.1 Å². The lowest BCUT2D eigenvalue weighted by molar-refractivity contribution is -0.605. The number of amides is 1. The predicted molar refractivity (Wildman–Crippen MR) is 83.4 cm³/mol. The molecule has 2 rings (SSSR count). The van der Waals surface area contributed by atoms with Crippen molar-refractivity contribution in [3.63, 3.8) is 0 Å². The van der Waals surface area contributed by atoms with Crippen molar-refractivity contribution in [2.24, 2.45) is 5.92 Å². The van der Waals surface area contributed by atoms with E-state index in [1.165, 1.54) is 12.4 Å². The summed E-state index contributed by atoms with van der Waals surface area (Å²) >= 11 is 0. The summed E-state index contributed by atoms with van der Waals surface area (Å²) in [5.74, 6) is 0.359. The van der Waals surface area contributed by atoms with Crippen LogP contribution in [0.4, 0.5) is 0 Å². The van der Waals surface area contributed by atoms with Gasteiger partial charge < -0.3 is 15.3 Å². The summed E-state index contributed by atoms with van der Waals surface area (Å²) in [5, 5.41) is 14.2. The summed E-state index contributed by atoms with van der Waals surface area (Å²) < 4.78 is 6.04. The number of carbonyl (C=O) groups excluding carboxylic acids is 1. The third kappa shape index (κ3) is 4.96. The number of pyridine rings is 1. The minimum atomic E-state index is -0.202. The Bertz CT molecular complexity index is 487. The molecule has 1 aliphatic rings. The van der Waals surface area contributed by atoms with Gasteiger partial charge in [0.05, 0.1) is 13.2 Å². The fourth-order valence-corrected chi connectivity index (χ4v) is 2.75. The summed E-state index contributed by atoms with van der Waals surface area (Å²) in [4.78, 5) is 14.5. The summed E-state index contributed by atoms with van der Waals surface area (Å²) in [5.41, 5.74) is 0.391. The molecule has 6 nitrogen and oxygen atoms in total. The molecule has 1 aromatic rings. The fraction of sp³-hybridized carbons (Fsp3) is 0.625. The number of morpholine rings is 1. The normalized spacial score (nSPS) is 17.4. The molecular weight excluding hydrogens is 282 g/mol. The molecule has 1 atom stereocenters. The van der Waals surface area contributed by atoms with E-state index in [0.29, 0.717) is 28.8 Å². The maximum absolute atomic E-state index is 12.2. The van der Waals surface area contributed by atoms with Gasteiger partial charge in [-0.2, -0.15) is 4.73 Å². The first-order valence-corrected chi connectivity index (χ1v) is 7.85. The third-order valence-corrected chi connectivity index (χ3v) is 3.84. The number of aromatic nitrogens is 1. The van der Waals surface area contributed by atoms with Crippen LogP contribution in [0.15, 0.2) is 24.5 Å². The highest BCUT2D eigenvalue weighted by atomic mass is 16.5. The fourth-order valence-electron chi connectivity index (χ4n) is 2.75. The van der Waals surface area contributed by atoms with Crippen LogP contribution < -0.4 is 10.0 Å². The zero-order valence-electron chi connectivity index (χ0n) is 13.3. The van der Waals surface area contributed by atoms with Gasteiger partial charge in [-0.25, -0.2) is 0 Å². The van der Waals surface area contributed by atoms with Crippen molar-refractivity contribution in [1.29, 1.82) is 0 Å². The average molecular weight is 307 g/mol. The Labute approximate surface area is 131 Å². The Balaban J connectivity index is 1.93. The van der Waals surface area contributed by atoms with Crippen molar-refractivity contribution in [2.45, 2.75) is 26.3 Å². The lowest BCUT2D eigenvalue weighted by atomic mass is 10.0. The van der Waals surface area contributed by atoms with Gasteiger partial charge in [-0.15, -0.1) is 0 Å². The van der Waals surface area contributed by atoms with Crippen LogP contribution in [0.3, 0.4) is 0 Å². The van der Waals surface area contributed by atoms with Gasteiger partial charge in [-0.05, 0) is 18.4 Å². The summed E-state index contributed by atoms with van der Waals surface area (Å²) in [6.45, 7) is 8.26. The van der Waals surface area contributed by atoms with Crippen LogP contribution in [0.25, 0.3) is 0 Å². The Morgan fingerprint density at radius 3 is 2.82 bits per heavy atom. The Hall–Kier alpha value is -1.66. The molecule has 0 spiro atoms. The molecule has 0 radical (unpaired) electrons. The number of nitrogens with zero attached hydrogens (tertiary/aromatic N) is 2. The first kappa shape index (κ1) is 16.7. The van der Waals surface area contributed by atoms with Crippen LogP contribution >= 0.6 is 0 Å². The monoisotopic (exact) mass is 307 g/mol. The standard InChI is InChI=1S/C16H25N3O3/c1-13(2)10-15(18-6-8-22-9-7-18)11-17-16(20)14-4-3-5-19(21)12-14/h3-5,12-13,15H,6-11H2,1-2H3,(H,17,20)/t15-/m0/s1. The van der Waals surface area contributed by atoms with Gasteiger partial charge in [-0.3, -0.25) is 9.69 Å². The van der Waals surface area contributed by atoms with E-state index in [1.807, 2.05) is 0 Å². The topological polar surface area (TPSA) is 68.5 Å². The van der Waals surface area contributed by atoms with E-state index in [0.717, 1.165) is 32.7 Å². The molecule has 0 saturated carbocycles. The Morgan fingerprint density at radius 1 is 1.45 bits per heavy atom. The summed E-state index contributed by atoms with van der Waals surface area (Å²) in [6.07, 6.45) is 3.68. The number of hydrogen-bond acceptors (Lipinski definition) is 4. The lowest BCUT2D eigenvalue weighted by Gasteiger charge is -2.35. The minimum absolute atomic E-state index is 0.202. The van der Waals surface area contributed by atoms with Crippen LogP contribution in [0.5, 0.6) is 0 Å². The molecule has 6 heteroatoms. The van der Waals surface area contributed by atoms with Gasteiger partial charge in [0.15, 0.2) is 12.4 Å². The minimum Gasteiger partial charge on any atom is -0.619 e. The molecule has 1 amide bonds. The van der Waals surface area contributed by atoms with E-state index < -0.39 is 0 Å². The predicted octanol–water partition coefficient (Wildman–Crippen LogP) is 0.797. The van der Waals surface area contributed by atoms with Crippen molar-refractivity contribution in [1.82, 2.24) is 10.2 Å². The van der Waals surface area contributed by atoms with Gasteiger partial charge in [0.2, 0.25) is 0 Å². The van der Waals surface area contributed by atoms with Crippen LogP contribution in [0.1, 0.15) is 30.6 Å². The second-order valence-electron chi connectivity index (χ2n) is 6.09. The zero-order chi connectivity index (χ0) is 15.9. The largest absolute Gasteiger partial charge is 0.619 e. The molecule has 122 valence electrons. The molecule has 1 saturated heterocycles. The van der Waals surface area contributed by atoms with Crippen LogP contribution in [-0.2, 0) is 4.74 Å². The van der Waals surface area contributed by atoms with Crippen molar-refractivity contribution < 1.29 is 14.3 Å². The molecule has 0 aliphatic carbocycles. The SMILES string of the molecule is CC(C)C[C@@H](CNC(=O)c1ccc[n+]([O-])c1)N1CCOCC1. The smallest absolute Gasteiger partial charge is 0.257 e. The maximum Gasteiger partial charge on any atom is 0.257 e. The Morgan fingerprint density at radius 2 is 2.18 bits per heavy atom. The van der Waals surface area contributed by atoms with Crippen molar-refractivity contribution in [3.05, 3.63) is 35.3 Å². The molecule has 1 aromatic heterocycles. The Kier molecular flexibility index (Phi) is 6.15. The highest BCUT2D eigenvalue weighted by Crippen LogP contribution is 2.13. The number of hydrogen-bond donors (Lipinski definition) is 1. The van der Waals surface area contributed by atoms with Crippen molar-refractivity contribution in [3.8, 4) is 0 Å². The van der Waals surface area contributed by atoms with E-state index in [4.69, 9.17) is 4.74 Å². The quantitative estimate of drug-likeness (QED) is 0.623. The molecule has 22 heavy (non-hydrogen) atoms. The van der Waals surface area contributed by atoms with Crippen LogP contribution in [0.2, 0.25) is 0 Å². The van der Waals surface area contributed by atoms with Crippen molar-refractivity contribution in [2.75, 3.05) is 32.8 Å². The van der Waals surface area contributed by atoms with Crippen molar-refractivity contribution >= 4 is 5.91 Å². The molecule has 1 fully saturated rings. The number of nitrogens with one attached hydrogen (secondary N) is 1. The van der Waals surface area contributed by atoms with Gasteiger partial charge in [0.1, 0.15) is 5.56 Å². The van der Waals surface area contributed by atoms with Gasteiger partial charge in [0.25, 0.3) is 5.91 Å². The van der Waals surface area contributed by atoms with Crippen LogP contribution in [-0.4, -0.2) is 49.7 Å². The van der Waals surface area contributed by atoms with E-state index in [1.54, 1.807) is 12.1 Å². The molecule has 2 heterocycles. The number of ether oxygens (including phenoxy) is 1. The van der Waals surface area contributed by atoms with E-state index in [-0.39, 0.29) is 5.91 Å². The highest BCUT2D eigenvalue weighted by molar-refractivity contribution is 5.93. The zero-order valence-corrected chi connectivity index (χ0v) is 13.3. The van der Waals surface area contributed by atoms with Gasteiger partial charge in [-0.1, -0.05) is 13.8 Å². The number of rotatable bonds is 6. The summed E-state index contributed by atoms with van der Waals surface area (Å²) in [7, 11) is 0. The van der Waals surface area contributed by atoms with E-state index >= 15 is 0 Å². The lowest BCUT2D eigenvalue weighted by Crippen LogP contribution is -2.49. The van der Waals surface area contributed by atoms with E-state index in [9.17, 15) is 10.0 Å². The molecule has 0 unspecified atom stereocenters. The molecule has 0 aromatic carbocycles. The summed E-state index contributed by atoms with van der Waals surface area (Å²) in [6, 6.07) is 3.53. The second kappa shape index (κ2) is 8.10. The average Bonchev–Trinajstić information content (AvgIpc) is 2.51. The van der Waals surface area contributed by atoms with Gasteiger partial charge >= 0.3 is 0 Å².